The number of fused-ring (bicyclic) bond motifs is 3. The average molecular weight is 355 g/mol. The molecule has 0 radical (unpaired) electrons. The second-order valence-electron chi connectivity index (χ2n) is 6.53. The van der Waals surface area contributed by atoms with Crippen LogP contribution in [-0.4, -0.2) is 15.3 Å². The smallest absolute Gasteiger partial charge is 0.232 e. The SMILES string of the molecule is O=C(NCc1cn2ccccc2n1)C1c2ccccc2Oc2ccccc21. The average Bonchev–Trinajstić information content (AvgIpc) is 3.13. The van der Waals surface area contributed by atoms with Crippen molar-refractivity contribution in [3.05, 3.63) is 95.9 Å². The van der Waals surface area contributed by atoms with Gasteiger partial charge in [0.25, 0.3) is 0 Å². The summed E-state index contributed by atoms with van der Waals surface area (Å²) in [5.74, 6) is 0.992. The molecule has 1 amide bonds. The summed E-state index contributed by atoms with van der Waals surface area (Å²) in [5.41, 5.74) is 3.44. The molecule has 1 N–H and O–H groups in total. The summed E-state index contributed by atoms with van der Waals surface area (Å²) in [7, 11) is 0. The lowest BCUT2D eigenvalue weighted by molar-refractivity contribution is -0.122. The van der Waals surface area contributed by atoms with E-state index in [1.54, 1.807) is 0 Å². The highest BCUT2D eigenvalue weighted by Crippen LogP contribution is 2.43. The van der Waals surface area contributed by atoms with Crippen molar-refractivity contribution in [2.75, 3.05) is 0 Å². The first-order chi connectivity index (χ1) is 13.3. The number of nitrogens with one attached hydrogen (secondary N) is 1. The molecule has 3 heterocycles. The fourth-order valence-electron chi connectivity index (χ4n) is 3.54. The Morgan fingerprint density at radius 1 is 0.963 bits per heavy atom. The standard InChI is InChI=1S/C22H17N3O2/c26-22(23-13-15-14-25-12-6-5-11-20(25)24-15)21-16-7-1-3-9-18(16)27-19-10-4-2-8-17(19)21/h1-12,14,21H,13H2,(H,23,26). The van der Waals surface area contributed by atoms with Crippen molar-refractivity contribution in [3.63, 3.8) is 0 Å². The maximum atomic E-state index is 13.1. The second-order valence-corrected chi connectivity index (χ2v) is 6.53. The van der Waals surface area contributed by atoms with Crippen LogP contribution in [0.3, 0.4) is 0 Å². The first-order valence-electron chi connectivity index (χ1n) is 8.85. The van der Waals surface area contributed by atoms with Crippen LogP contribution >= 0.6 is 0 Å². The quantitative estimate of drug-likeness (QED) is 0.607. The van der Waals surface area contributed by atoms with E-state index >= 15 is 0 Å². The number of hydrogen-bond acceptors (Lipinski definition) is 3. The van der Waals surface area contributed by atoms with E-state index in [1.165, 1.54) is 0 Å². The van der Waals surface area contributed by atoms with Crippen LogP contribution in [0.2, 0.25) is 0 Å². The van der Waals surface area contributed by atoms with Crippen molar-refractivity contribution in [3.8, 4) is 11.5 Å². The number of carbonyl (C=O) groups is 1. The van der Waals surface area contributed by atoms with Crippen LogP contribution in [0.1, 0.15) is 22.7 Å². The van der Waals surface area contributed by atoms with Gasteiger partial charge in [-0.1, -0.05) is 42.5 Å². The zero-order chi connectivity index (χ0) is 18.2. The van der Waals surface area contributed by atoms with Crippen molar-refractivity contribution in [2.24, 2.45) is 0 Å². The monoisotopic (exact) mass is 355 g/mol. The Kier molecular flexibility index (Phi) is 3.64. The number of rotatable bonds is 3. The Hall–Kier alpha value is -3.60. The third-order valence-corrected chi connectivity index (χ3v) is 4.80. The number of amides is 1. The summed E-state index contributed by atoms with van der Waals surface area (Å²) in [6.45, 7) is 0.377. The zero-order valence-corrected chi connectivity index (χ0v) is 14.5. The van der Waals surface area contributed by atoms with Gasteiger partial charge in [-0.3, -0.25) is 4.79 Å². The topological polar surface area (TPSA) is 55.6 Å². The minimum atomic E-state index is -0.400. The minimum absolute atomic E-state index is 0.0599. The Morgan fingerprint density at radius 3 is 2.33 bits per heavy atom. The van der Waals surface area contributed by atoms with E-state index in [9.17, 15) is 4.79 Å². The minimum Gasteiger partial charge on any atom is -0.457 e. The fourth-order valence-corrected chi connectivity index (χ4v) is 3.54. The molecule has 4 aromatic rings. The molecule has 0 spiro atoms. The van der Waals surface area contributed by atoms with Gasteiger partial charge >= 0.3 is 0 Å². The molecule has 5 rings (SSSR count). The third kappa shape index (κ3) is 2.73. The molecule has 1 aliphatic heterocycles. The molecule has 0 saturated carbocycles. The summed E-state index contributed by atoms with van der Waals surface area (Å²) in [5, 5.41) is 3.04. The van der Waals surface area contributed by atoms with Crippen LogP contribution in [0, 0.1) is 0 Å². The number of para-hydroxylation sites is 2. The van der Waals surface area contributed by atoms with E-state index in [0.29, 0.717) is 6.54 Å². The maximum absolute atomic E-state index is 13.1. The van der Waals surface area contributed by atoms with Crippen molar-refractivity contribution >= 4 is 11.6 Å². The molecule has 0 bridgehead atoms. The van der Waals surface area contributed by atoms with Gasteiger partial charge in [0.05, 0.1) is 18.2 Å². The van der Waals surface area contributed by atoms with Gasteiger partial charge in [0.2, 0.25) is 5.91 Å². The van der Waals surface area contributed by atoms with Crippen LogP contribution < -0.4 is 10.1 Å². The Labute approximate surface area is 156 Å². The zero-order valence-electron chi connectivity index (χ0n) is 14.5. The van der Waals surface area contributed by atoms with Gasteiger partial charge in [-0.05, 0) is 24.3 Å². The van der Waals surface area contributed by atoms with Gasteiger partial charge in [-0.25, -0.2) is 4.98 Å². The first kappa shape index (κ1) is 15.6. The van der Waals surface area contributed by atoms with Crippen molar-refractivity contribution in [2.45, 2.75) is 12.5 Å². The van der Waals surface area contributed by atoms with E-state index in [-0.39, 0.29) is 5.91 Å². The van der Waals surface area contributed by atoms with Gasteiger partial charge in [-0.2, -0.15) is 0 Å². The Balaban J connectivity index is 1.44. The number of imidazole rings is 1. The summed E-state index contributed by atoms with van der Waals surface area (Å²) >= 11 is 0. The largest absolute Gasteiger partial charge is 0.457 e. The van der Waals surface area contributed by atoms with Crippen molar-refractivity contribution in [1.82, 2.24) is 14.7 Å². The van der Waals surface area contributed by atoms with Gasteiger partial charge < -0.3 is 14.5 Å². The number of nitrogens with zero attached hydrogens (tertiary/aromatic N) is 2. The van der Waals surface area contributed by atoms with Crippen LogP contribution in [-0.2, 0) is 11.3 Å². The third-order valence-electron chi connectivity index (χ3n) is 4.80. The molecular formula is C22H17N3O2. The van der Waals surface area contributed by atoms with E-state index in [0.717, 1.165) is 34.0 Å². The number of hydrogen-bond donors (Lipinski definition) is 1. The summed E-state index contributed by atoms with van der Waals surface area (Å²) < 4.78 is 7.91. The molecule has 0 atom stereocenters. The molecule has 0 aliphatic carbocycles. The van der Waals surface area contributed by atoms with Crippen molar-refractivity contribution < 1.29 is 9.53 Å². The van der Waals surface area contributed by atoms with E-state index in [2.05, 4.69) is 10.3 Å². The number of benzene rings is 2. The van der Waals surface area contributed by atoms with E-state index in [1.807, 2.05) is 83.5 Å². The summed E-state index contributed by atoms with van der Waals surface area (Å²) in [6, 6.07) is 21.2. The van der Waals surface area contributed by atoms with Crippen LogP contribution in [0.5, 0.6) is 11.5 Å². The normalized spacial score (nSPS) is 12.9. The highest BCUT2D eigenvalue weighted by atomic mass is 16.5. The van der Waals surface area contributed by atoms with Gasteiger partial charge in [-0.15, -0.1) is 0 Å². The number of aromatic nitrogens is 2. The first-order valence-corrected chi connectivity index (χ1v) is 8.85. The molecule has 2 aromatic carbocycles. The van der Waals surface area contributed by atoms with Gasteiger partial charge in [0.15, 0.2) is 0 Å². The van der Waals surface area contributed by atoms with E-state index in [4.69, 9.17) is 4.74 Å². The second kappa shape index (κ2) is 6.29. The summed E-state index contributed by atoms with van der Waals surface area (Å²) in [6.07, 6.45) is 3.88. The lowest BCUT2D eigenvalue weighted by atomic mass is 9.87. The molecule has 0 saturated heterocycles. The highest BCUT2D eigenvalue weighted by molar-refractivity contribution is 5.89. The Bertz CT molecular complexity index is 1070. The molecule has 132 valence electrons. The molecule has 2 aromatic heterocycles. The molecule has 0 fully saturated rings. The number of ether oxygens (including phenoxy) is 1. The predicted octanol–water partition coefficient (Wildman–Crippen LogP) is 3.89. The predicted molar refractivity (Wildman–Crippen MR) is 102 cm³/mol. The van der Waals surface area contributed by atoms with Crippen LogP contribution in [0.15, 0.2) is 79.1 Å². The Morgan fingerprint density at radius 2 is 1.63 bits per heavy atom. The fraction of sp³-hybridized carbons (Fsp3) is 0.0909. The number of pyridine rings is 1. The summed E-state index contributed by atoms with van der Waals surface area (Å²) in [4.78, 5) is 17.7. The molecule has 5 nitrogen and oxygen atoms in total. The van der Waals surface area contributed by atoms with E-state index < -0.39 is 5.92 Å². The van der Waals surface area contributed by atoms with Crippen molar-refractivity contribution in [1.29, 1.82) is 0 Å². The molecule has 1 aliphatic rings. The van der Waals surface area contributed by atoms with Gasteiger partial charge in [0.1, 0.15) is 17.1 Å². The van der Waals surface area contributed by atoms with Crippen LogP contribution in [0.4, 0.5) is 0 Å². The highest BCUT2D eigenvalue weighted by Gasteiger charge is 2.32. The molecule has 0 unspecified atom stereocenters. The molecule has 27 heavy (non-hydrogen) atoms. The number of carbonyl (C=O) groups excluding carboxylic acids is 1. The van der Waals surface area contributed by atoms with Gasteiger partial charge in [0, 0.05) is 23.5 Å². The molecule has 5 heteroatoms. The van der Waals surface area contributed by atoms with Crippen LogP contribution in [0.25, 0.3) is 5.65 Å². The maximum Gasteiger partial charge on any atom is 0.232 e. The lowest BCUT2D eigenvalue weighted by Crippen LogP contribution is -2.31. The lowest BCUT2D eigenvalue weighted by Gasteiger charge is -2.27. The molecular weight excluding hydrogens is 338 g/mol.